The normalized spacial score (nSPS) is 38.0. The fourth-order valence-electron chi connectivity index (χ4n) is 3.27. The van der Waals surface area contributed by atoms with Gasteiger partial charge in [-0.2, -0.15) is 0 Å². The van der Waals surface area contributed by atoms with E-state index in [2.05, 4.69) is 5.32 Å². The van der Waals surface area contributed by atoms with E-state index in [0.717, 1.165) is 32.2 Å². The van der Waals surface area contributed by atoms with Crippen LogP contribution in [0.2, 0.25) is 0 Å². The number of aliphatic carboxylic acids is 1. The lowest BCUT2D eigenvalue weighted by atomic mass is 9.81. The first-order chi connectivity index (χ1) is 9.53. The molecule has 3 fully saturated rings. The number of carboxylic acids is 1. The van der Waals surface area contributed by atoms with Gasteiger partial charge in [-0.3, -0.25) is 4.79 Å². The second-order valence-electron chi connectivity index (χ2n) is 6.47. The summed E-state index contributed by atoms with van der Waals surface area (Å²) in [6, 6.07) is -0.642. The highest BCUT2D eigenvalue weighted by molar-refractivity contribution is 8.00. The molecule has 3 atom stereocenters. The molecule has 0 radical (unpaired) electrons. The van der Waals surface area contributed by atoms with Crippen molar-refractivity contribution in [1.82, 2.24) is 10.2 Å². The number of thioether (sulfide) groups is 1. The first kappa shape index (κ1) is 14.2. The summed E-state index contributed by atoms with van der Waals surface area (Å²) in [7, 11) is 0. The molecule has 0 aromatic carbocycles. The van der Waals surface area contributed by atoms with Crippen LogP contribution in [0.15, 0.2) is 0 Å². The van der Waals surface area contributed by atoms with Crippen LogP contribution in [0.4, 0.5) is 0 Å². The molecule has 5 nitrogen and oxygen atoms in total. The Hall–Kier alpha value is -0.750. The number of amides is 1. The molecule has 3 unspecified atom stereocenters. The number of piperidine rings is 1. The van der Waals surface area contributed by atoms with Gasteiger partial charge in [-0.15, -0.1) is 11.8 Å². The Balaban J connectivity index is 1.83. The lowest BCUT2D eigenvalue weighted by molar-refractivity contribution is -0.154. The van der Waals surface area contributed by atoms with Gasteiger partial charge in [0.05, 0.1) is 10.8 Å². The summed E-state index contributed by atoms with van der Waals surface area (Å²) in [5, 5.41) is 12.8. The lowest BCUT2D eigenvalue weighted by Crippen LogP contribution is -2.55. The zero-order valence-electron chi connectivity index (χ0n) is 11.8. The topological polar surface area (TPSA) is 69.6 Å². The predicted octanol–water partition coefficient (Wildman–Crippen LogP) is 1.14. The van der Waals surface area contributed by atoms with Gasteiger partial charge in [-0.05, 0) is 45.1 Å². The van der Waals surface area contributed by atoms with Crippen molar-refractivity contribution in [2.24, 2.45) is 11.3 Å². The molecule has 1 aliphatic carbocycles. The van der Waals surface area contributed by atoms with Crippen LogP contribution in [0.3, 0.4) is 0 Å². The minimum atomic E-state index is -0.860. The van der Waals surface area contributed by atoms with Crippen molar-refractivity contribution in [3.63, 3.8) is 0 Å². The van der Waals surface area contributed by atoms with E-state index >= 15 is 0 Å². The van der Waals surface area contributed by atoms with Crippen molar-refractivity contribution in [3.8, 4) is 0 Å². The van der Waals surface area contributed by atoms with Crippen LogP contribution in [0.5, 0.6) is 0 Å². The van der Waals surface area contributed by atoms with Crippen molar-refractivity contribution in [2.75, 3.05) is 18.8 Å². The molecule has 0 aromatic rings. The average molecular weight is 298 g/mol. The zero-order valence-corrected chi connectivity index (χ0v) is 12.6. The second-order valence-corrected chi connectivity index (χ2v) is 7.62. The molecule has 2 aliphatic heterocycles. The fourth-order valence-corrected chi connectivity index (χ4v) is 4.90. The summed E-state index contributed by atoms with van der Waals surface area (Å²) < 4.78 is 0. The Morgan fingerprint density at radius 2 is 2.15 bits per heavy atom. The lowest BCUT2D eigenvalue weighted by Gasteiger charge is -2.39. The van der Waals surface area contributed by atoms with Crippen LogP contribution in [-0.4, -0.2) is 52.1 Å². The molecule has 20 heavy (non-hydrogen) atoms. The van der Waals surface area contributed by atoms with Gasteiger partial charge in [-0.25, -0.2) is 4.79 Å². The van der Waals surface area contributed by atoms with Gasteiger partial charge < -0.3 is 15.3 Å². The molecule has 3 rings (SSSR count). The summed E-state index contributed by atoms with van der Waals surface area (Å²) >= 11 is 1.65. The Bertz CT molecular complexity index is 419. The van der Waals surface area contributed by atoms with E-state index in [4.69, 9.17) is 0 Å². The van der Waals surface area contributed by atoms with Gasteiger partial charge in [0.1, 0.15) is 6.04 Å². The highest BCUT2D eigenvalue weighted by atomic mass is 32.2. The third-order valence-corrected chi connectivity index (χ3v) is 6.15. The van der Waals surface area contributed by atoms with E-state index in [1.54, 1.807) is 16.7 Å². The third kappa shape index (κ3) is 2.44. The maximum Gasteiger partial charge on any atom is 0.327 e. The van der Waals surface area contributed by atoms with Crippen LogP contribution >= 0.6 is 11.8 Å². The summed E-state index contributed by atoms with van der Waals surface area (Å²) in [5.41, 5.74) is -0.440. The van der Waals surface area contributed by atoms with E-state index < -0.39 is 17.4 Å². The van der Waals surface area contributed by atoms with E-state index in [-0.39, 0.29) is 11.3 Å². The number of hydrogen-bond donors (Lipinski definition) is 2. The fraction of sp³-hybridized carbons (Fsp3) is 0.857. The molecule has 2 heterocycles. The molecule has 1 saturated carbocycles. The third-order valence-electron chi connectivity index (χ3n) is 4.69. The van der Waals surface area contributed by atoms with Gasteiger partial charge in [0.15, 0.2) is 0 Å². The Labute approximate surface area is 123 Å². The molecule has 2 N–H and O–H groups in total. The second kappa shape index (κ2) is 5.22. The first-order valence-electron chi connectivity index (χ1n) is 7.41. The summed E-state index contributed by atoms with van der Waals surface area (Å²) in [6.45, 7) is 3.59. The maximum atomic E-state index is 13.0. The van der Waals surface area contributed by atoms with E-state index in [0.29, 0.717) is 18.2 Å². The predicted molar refractivity (Wildman–Crippen MR) is 77.5 cm³/mol. The Morgan fingerprint density at radius 1 is 1.40 bits per heavy atom. The standard InChI is InChI=1S/C14H22N2O3S/c1-14(5-2-6-15-8-14)13(19)16-10(12(17)18)7-20-11(16)9-3-4-9/h9-11,15H,2-8H2,1H3,(H,17,18). The van der Waals surface area contributed by atoms with E-state index in [1.165, 1.54) is 0 Å². The van der Waals surface area contributed by atoms with Crippen molar-refractivity contribution < 1.29 is 14.7 Å². The number of nitrogens with one attached hydrogen (secondary N) is 1. The van der Waals surface area contributed by atoms with Crippen LogP contribution in [0.25, 0.3) is 0 Å². The van der Waals surface area contributed by atoms with Gasteiger partial charge in [0.25, 0.3) is 0 Å². The smallest absolute Gasteiger partial charge is 0.327 e. The number of carbonyl (C=O) groups is 2. The molecular weight excluding hydrogens is 276 g/mol. The number of nitrogens with zero attached hydrogens (tertiary/aromatic N) is 1. The molecule has 2 saturated heterocycles. The molecule has 3 aliphatic rings. The minimum absolute atomic E-state index is 0.0407. The van der Waals surface area contributed by atoms with Crippen molar-refractivity contribution in [3.05, 3.63) is 0 Å². The van der Waals surface area contributed by atoms with Crippen LogP contribution in [0.1, 0.15) is 32.6 Å². The maximum absolute atomic E-state index is 13.0. The van der Waals surface area contributed by atoms with Crippen LogP contribution in [-0.2, 0) is 9.59 Å². The van der Waals surface area contributed by atoms with E-state index in [9.17, 15) is 14.7 Å². The summed E-state index contributed by atoms with van der Waals surface area (Å²) in [6.07, 6.45) is 4.09. The zero-order chi connectivity index (χ0) is 14.3. The minimum Gasteiger partial charge on any atom is -0.480 e. The van der Waals surface area contributed by atoms with Crippen molar-refractivity contribution in [1.29, 1.82) is 0 Å². The first-order valence-corrected chi connectivity index (χ1v) is 8.46. The van der Waals surface area contributed by atoms with Gasteiger partial charge >= 0.3 is 5.97 Å². The Kier molecular flexibility index (Phi) is 3.71. The average Bonchev–Trinajstić information content (AvgIpc) is 3.17. The number of carbonyl (C=O) groups excluding carboxylic acids is 1. The molecule has 0 spiro atoms. The largest absolute Gasteiger partial charge is 0.480 e. The van der Waals surface area contributed by atoms with Gasteiger partial charge in [0.2, 0.25) is 5.91 Å². The number of carboxylic acid groups (broad SMARTS) is 1. The molecule has 6 heteroatoms. The molecule has 112 valence electrons. The number of hydrogen-bond acceptors (Lipinski definition) is 4. The van der Waals surface area contributed by atoms with Crippen LogP contribution < -0.4 is 5.32 Å². The van der Waals surface area contributed by atoms with Crippen LogP contribution in [0, 0.1) is 11.3 Å². The van der Waals surface area contributed by atoms with Crippen molar-refractivity contribution >= 4 is 23.6 Å². The highest BCUT2D eigenvalue weighted by Gasteiger charge is 2.51. The van der Waals surface area contributed by atoms with Gasteiger partial charge in [-0.1, -0.05) is 0 Å². The SMILES string of the molecule is CC1(C(=O)N2C(C(=O)O)CSC2C2CC2)CCCNC1. The summed E-state index contributed by atoms with van der Waals surface area (Å²) in [5.74, 6) is 0.222. The molecular formula is C14H22N2O3S. The highest BCUT2D eigenvalue weighted by Crippen LogP contribution is 2.47. The summed E-state index contributed by atoms with van der Waals surface area (Å²) in [4.78, 5) is 26.2. The van der Waals surface area contributed by atoms with Crippen molar-refractivity contribution in [2.45, 2.75) is 44.0 Å². The molecule has 0 bridgehead atoms. The Morgan fingerprint density at radius 3 is 2.70 bits per heavy atom. The quantitative estimate of drug-likeness (QED) is 0.818. The molecule has 0 aromatic heterocycles. The number of rotatable bonds is 3. The monoisotopic (exact) mass is 298 g/mol. The molecule has 1 amide bonds. The van der Waals surface area contributed by atoms with Gasteiger partial charge in [0, 0.05) is 12.3 Å². The van der Waals surface area contributed by atoms with E-state index in [1.807, 2.05) is 6.92 Å².